The molecule has 0 aliphatic rings. The quantitative estimate of drug-likeness (QED) is 0.102. The van der Waals surface area contributed by atoms with Crippen LogP contribution < -0.4 is 9.80 Å². The summed E-state index contributed by atoms with van der Waals surface area (Å²) in [5.41, 5.74) is -0.481. The second-order valence-electron chi connectivity index (χ2n) is 8.88. The highest BCUT2D eigenvalue weighted by Gasteiger charge is 2.39. The van der Waals surface area contributed by atoms with Gasteiger partial charge < -0.3 is 9.64 Å². The number of nitro benzene ring substituents is 2. The van der Waals surface area contributed by atoms with Crippen LogP contribution in [0.3, 0.4) is 0 Å². The molecule has 0 aromatic heterocycles. The molecule has 0 bridgehead atoms. The predicted molar refractivity (Wildman–Crippen MR) is 153 cm³/mol. The van der Waals surface area contributed by atoms with Crippen LogP contribution in [0.4, 0.5) is 35.9 Å². The summed E-state index contributed by atoms with van der Waals surface area (Å²) in [4.78, 5) is 35.3. The fourth-order valence-corrected chi connectivity index (χ4v) is 4.30. The first-order valence-corrected chi connectivity index (χ1v) is 13.6. The Bertz CT molecular complexity index is 1160. The average Bonchev–Trinajstić information content (AvgIpc) is 2.92. The fraction of sp³-hybridized carbons (Fsp3) is 0.519. The number of ether oxygens (including phenoxy) is 1. The van der Waals surface area contributed by atoms with E-state index >= 15 is 0 Å². The van der Waals surface area contributed by atoms with Crippen molar-refractivity contribution >= 4 is 40.3 Å². The summed E-state index contributed by atoms with van der Waals surface area (Å²) >= 11 is 5.68. The molecule has 0 saturated heterocycles. The Labute approximate surface area is 242 Å². The SMILES string of the molecule is CCCN(CCC)c1c([N+](=O)[O-])cc(C(F)(F)F)cc1[N+](=O)[O-].CCOCN(C(=O)CCl)c1c(C)cccc1CC. The minimum absolute atomic E-state index is 0.0371. The summed E-state index contributed by atoms with van der Waals surface area (Å²) in [6.07, 6.45) is -2.96. The van der Waals surface area contributed by atoms with E-state index in [4.69, 9.17) is 16.3 Å². The highest BCUT2D eigenvalue weighted by atomic mass is 35.5. The summed E-state index contributed by atoms with van der Waals surface area (Å²) in [5, 5.41) is 22.4. The average molecular weight is 605 g/mol. The van der Waals surface area contributed by atoms with Crippen LogP contribution in [0.25, 0.3) is 0 Å². The molecule has 0 fully saturated rings. The van der Waals surface area contributed by atoms with Gasteiger partial charge in [-0.25, -0.2) is 0 Å². The minimum Gasteiger partial charge on any atom is -0.361 e. The van der Waals surface area contributed by atoms with Crippen molar-refractivity contribution in [3.05, 3.63) is 67.3 Å². The maximum absolute atomic E-state index is 12.8. The van der Waals surface area contributed by atoms with Gasteiger partial charge in [0.05, 0.1) is 21.1 Å². The lowest BCUT2D eigenvalue weighted by atomic mass is 10.0. The molecular formula is C27H36ClF3N4O6. The molecule has 0 aliphatic heterocycles. The summed E-state index contributed by atoms with van der Waals surface area (Å²) in [6, 6.07) is 6.72. The first-order chi connectivity index (χ1) is 19.3. The van der Waals surface area contributed by atoms with Crippen molar-refractivity contribution in [2.75, 3.05) is 42.1 Å². The number of aryl methyl sites for hydroxylation is 2. The van der Waals surface area contributed by atoms with E-state index < -0.39 is 33.0 Å². The second-order valence-corrected chi connectivity index (χ2v) is 9.14. The van der Waals surface area contributed by atoms with Gasteiger partial charge in [0, 0.05) is 31.8 Å². The molecule has 10 nitrogen and oxygen atoms in total. The molecular weight excluding hydrogens is 569 g/mol. The van der Waals surface area contributed by atoms with Crippen LogP contribution in [0.1, 0.15) is 57.2 Å². The summed E-state index contributed by atoms with van der Waals surface area (Å²) < 4.78 is 43.9. The number of nitro groups is 2. The molecule has 2 aromatic rings. The lowest BCUT2D eigenvalue weighted by Gasteiger charge is -2.25. The first kappa shape index (κ1) is 35.6. The first-order valence-electron chi connectivity index (χ1n) is 13.1. The lowest BCUT2D eigenvalue weighted by Crippen LogP contribution is -2.35. The zero-order valence-electron chi connectivity index (χ0n) is 23.8. The van der Waals surface area contributed by atoms with Crippen LogP contribution in [0.5, 0.6) is 0 Å². The van der Waals surface area contributed by atoms with E-state index in [2.05, 4.69) is 6.92 Å². The highest BCUT2D eigenvalue weighted by molar-refractivity contribution is 6.29. The normalized spacial score (nSPS) is 11.0. The van der Waals surface area contributed by atoms with Crippen molar-refractivity contribution in [2.24, 2.45) is 0 Å². The zero-order valence-corrected chi connectivity index (χ0v) is 24.5. The van der Waals surface area contributed by atoms with Gasteiger partial charge in [-0.2, -0.15) is 13.2 Å². The van der Waals surface area contributed by atoms with Gasteiger partial charge in [-0.3, -0.25) is 29.9 Å². The van der Waals surface area contributed by atoms with E-state index in [0.717, 1.165) is 23.2 Å². The molecule has 2 aromatic carbocycles. The van der Waals surface area contributed by atoms with Crippen molar-refractivity contribution in [1.29, 1.82) is 0 Å². The minimum atomic E-state index is -4.91. The second kappa shape index (κ2) is 16.7. The molecule has 0 N–H and O–H groups in total. The molecule has 14 heteroatoms. The Hall–Kier alpha value is -3.45. The third kappa shape index (κ3) is 9.85. The van der Waals surface area contributed by atoms with Gasteiger partial charge in [-0.1, -0.05) is 39.0 Å². The number of halogens is 4. The number of carbonyl (C=O) groups excluding carboxylic acids is 1. The summed E-state index contributed by atoms with van der Waals surface area (Å²) in [7, 11) is 0. The van der Waals surface area contributed by atoms with Crippen LogP contribution >= 0.6 is 11.6 Å². The van der Waals surface area contributed by atoms with E-state index in [1.54, 1.807) is 18.7 Å². The molecule has 0 unspecified atom stereocenters. The number of carbonyl (C=O) groups is 1. The predicted octanol–water partition coefficient (Wildman–Crippen LogP) is 7.27. The molecule has 0 spiro atoms. The molecule has 0 atom stereocenters. The highest BCUT2D eigenvalue weighted by Crippen LogP contribution is 2.43. The van der Waals surface area contributed by atoms with Gasteiger partial charge in [0.2, 0.25) is 5.91 Å². The standard InChI is InChI=1S/C14H20ClNO2.C13H16F3N3O4/c1-4-12-8-6-7-11(3)14(12)16(10-18-5-2)13(17)9-15;1-3-5-17(6-4-2)12-10(18(20)21)7-9(13(14,15)16)8-11(12)19(22)23/h6-8H,4-5,9-10H2,1-3H3;7-8H,3-6H2,1-2H3. The van der Waals surface area contributed by atoms with Crippen LogP contribution in [0.15, 0.2) is 30.3 Å². The number of para-hydroxylation sites is 1. The number of benzene rings is 2. The van der Waals surface area contributed by atoms with Gasteiger partial charge >= 0.3 is 6.18 Å². The molecule has 228 valence electrons. The smallest absolute Gasteiger partial charge is 0.361 e. The van der Waals surface area contributed by atoms with Crippen LogP contribution in [-0.2, 0) is 22.1 Å². The van der Waals surface area contributed by atoms with Crippen LogP contribution in [0.2, 0.25) is 0 Å². The number of alkyl halides is 4. The molecule has 41 heavy (non-hydrogen) atoms. The van der Waals surface area contributed by atoms with E-state index in [1.165, 1.54) is 4.90 Å². The van der Waals surface area contributed by atoms with E-state index in [9.17, 15) is 38.2 Å². The van der Waals surface area contributed by atoms with Crippen molar-refractivity contribution in [3.63, 3.8) is 0 Å². The zero-order chi connectivity index (χ0) is 31.3. The largest absolute Gasteiger partial charge is 0.416 e. The Balaban J connectivity index is 0.000000422. The number of anilines is 2. The molecule has 0 saturated carbocycles. The number of amides is 1. The Morgan fingerprint density at radius 1 is 0.976 bits per heavy atom. The molecule has 2 rings (SSSR count). The summed E-state index contributed by atoms with van der Waals surface area (Å²) in [5.74, 6) is -0.168. The van der Waals surface area contributed by atoms with E-state index in [0.29, 0.717) is 31.6 Å². The molecule has 1 amide bonds. The van der Waals surface area contributed by atoms with Crippen LogP contribution in [0, 0.1) is 27.2 Å². The van der Waals surface area contributed by atoms with Gasteiger partial charge in [0.15, 0.2) is 5.69 Å². The molecule has 0 aliphatic carbocycles. The Morgan fingerprint density at radius 3 is 1.90 bits per heavy atom. The van der Waals surface area contributed by atoms with E-state index in [1.807, 2.05) is 32.0 Å². The third-order valence-electron chi connectivity index (χ3n) is 5.91. The van der Waals surface area contributed by atoms with Gasteiger partial charge in [0.1, 0.15) is 12.6 Å². The van der Waals surface area contributed by atoms with Crippen LogP contribution in [-0.4, -0.2) is 48.1 Å². The van der Waals surface area contributed by atoms with Crippen molar-refractivity contribution < 1.29 is 32.5 Å². The monoisotopic (exact) mass is 604 g/mol. The number of hydrogen-bond donors (Lipinski definition) is 0. The maximum atomic E-state index is 12.8. The molecule has 0 radical (unpaired) electrons. The van der Waals surface area contributed by atoms with Crippen molar-refractivity contribution in [1.82, 2.24) is 0 Å². The number of hydrogen-bond acceptors (Lipinski definition) is 7. The Kier molecular flexibility index (Phi) is 14.5. The fourth-order valence-electron chi connectivity index (χ4n) is 4.15. The number of nitrogens with zero attached hydrogens (tertiary/aromatic N) is 4. The van der Waals surface area contributed by atoms with Gasteiger partial charge in [-0.15, -0.1) is 11.6 Å². The van der Waals surface area contributed by atoms with Crippen molar-refractivity contribution in [3.8, 4) is 0 Å². The molecule has 0 heterocycles. The van der Waals surface area contributed by atoms with Crippen molar-refractivity contribution in [2.45, 2.75) is 60.1 Å². The van der Waals surface area contributed by atoms with E-state index in [-0.39, 0.29) is 37.3 Å². The van der Waals surface area contributed by atoms with Gasteiger partial charge in [0.25, 0.3) is 11.4 Å². The third-order valence-corrected chi connectivity index (χ3v) is 6.13. The lowest BCUT2D eigenvalue weighted by molar-refractivity contribution is -0.393. The topological polar surface area (TPSA) is 119 Å². The maximum Gasteiger partial charge on any atom is 0.416 e. The van der Waals surface area contributed by atoms with Gasteiger partial charge in [-0.05, 0) is 44.2 Å². The Morgan fingerprint density at radius 2 is 1.51 bits per heavy atom. The number of rotatable bonds is 13. The summed E-state index contributed by atoms with van der Waals surface area (Å²) in [6.45, 7) is 10.9.